The van der Waals surface area contributed by atoms with E-state index in [1.807, 2.05) is 0 Å². The second-order valence-electron chi connectivity index (χ2n) is 4.30. The zero-order valence-corrected chi connectivity index (χ0v) is 11.1. The number of halogens is 1. The van der Waals surface area contributed by atoms with Crippen LogP contribution in [0.15, 0.2) is 18.5 Å². The van der Waals surface area contributed by atoms with E-state index in [0.717, 1.165) is 19.3 Å². The Kier molecular flexibility index (Phi) is 5.37. The first-order valence-corrected chi connectivity index (χ1v) is 5.74. The second kappa shape index (κ2) is 6.56. The Morgan fingerprint density at radius 3 is 2.94 bits per heavy atom. The number of hydrogen-bond donors (Lipinski definition) is 2. The first-order valence-electron chi connectivity index (χ1n) is 5.74. The molecule has 5 nitrogen and oxygen atoms in total. The third kappa shape index (κ3) is 3.34. The Labute approximate surface area is 113 Å². The average Bonchev–Trinajstić information content (AvgIpc) is 2.77. The highest BCUT2D eigenvalue weighted by molar-refractivity contribution is 5.98. The molecule has 100 valence electrons. The summed E-state index contributed by atoms with van der Waals surface area (Å²) < 4.78 is 5.26. The SMILES string of the molecule is COC1CCC(NC(=O)c2cnccc2N)C1.Cl. The molecule has 18 heavy (non-hydrogen) atoms. The molecule has 1 saturated carbocycles. The molecule has 2 rings (SSSR count). The van der Waals surface area contributed by atoms with Gasteiger partial charge in [-0.05, 0) is 25.3 Å². The fourth-order valence-corrected chi connectivity index (χ4v) is 2.14. The molecule has 6 heteroatoms. The van der Waals surface area contributed by atoms with Gasteiger partial charge in [0.05, 0.1) is 11.7 Å². The van der Waals surface area contributed by atoms with Crippen LogP contribution in [0.2, 0.25) is 0 Å². The van der Waals surface area contributed by atoms with Crippen molar-refractivity contribution in [3.05, 3.63) is 24.0 Å². The van der Waals surface area contributed by atoms with Gasteiger partial charge < -0.3 is 15.8 Å². The lowest BCUT2D eigenvalue weighted by molar-refractivity contribution is 0.0915. The Bertz CT molecular complexity index is 414. The molecule has 3 N–H and O–H groups in total. The Hall–Kier alpha value is -1.33. The minimum absolute atomic E-state index is 0. The summed E-state index contributed by atoms with van der Waals surface area (Å²) in [5.41, 5.74) is 6.62. The molecule has 1 aromatic rings. The van der Waals surface area contributed by atoms with Crippen molar-refractivity contribution in [3.63, 3.8) is 0 Å². The molecule has 1 aliphatic carbocycles. The highest BCUT2D eigenvalue weighted by Crippen LogP contribution is 2.22. The summed E-state index contributed by atoms with van der Waals surface area (Å²) in [5, 5.41) is 2.96. The van der Waals surface area contributed by atoms with E-state index < -0.39 is 0 Å². The lowest BCUT2D eigenvalue weighted by atomic mass is 10.2. The predicted octanol–water partition coefficient (Wildman–Crippen LogP) is 1.38. The number of anilines is 1. The number of aromatic nitrogens is 1. The van der Waals surface area contributed by atoms with Gasteiger partial charge in [0.2, 0.25) is 0 Å². The number of nitrogen functional groups attached to an aromatic ring is 1. The zero-order chi connectivity index (χ0) is 12.3. The Balaban J connectivity index is 0.00000162. The standard InChI is InChI=1S/C12H17N3O2.ClH/c1-17-9-3-2-8(6-9)15-12(16)10-7-14-5-4-11(10)13;/h4-5,7-9H,2-3,6H2,1H3,(H2,13,14)(H,15,16);1H. The maximum absolute atomic E-state index is 11.9. The van der Waals surface area contributed by atoms with Gasteiger partial charge in [-0.2, -0.15) is 0 Å². The molecule has 2 atom stereocenters. The molecule has 0 aromatic carbocycles. The molecule has 1 aromatic heterocycles. The minimum atomic E-state index is -0.155. The average molecular weight is 272 g/mol. The molecule has 1 aliphatic rings. The van der Waals surface area contributed by atoms with Crippen LogP contribution in [0, 0.1) is 0 Å². The highest BCUT2D eigenvalue weighted by Gasteiger charge is 2.26. The van der Waals surface area contributed by atoms with Crippen molar-refractivity contribution in [2.75, 3.05) is 12.8 Å². The maximum Gasteiger partial charge on any atom is 0.255 e. The number of nitrogens with one attached hydrogen (secondary N) is 1. The molecular weight excluding hydrogens is 254 g/mol. The van der Waals surface area contributed by atoms with Crippen molar-refractivity contribution in [1.29, 1.82) is 0 Å². The lowest BCUT2D eigenvalue weighted by Crippen LogP contribution is -2.33. The number of carbonyl (C=O) groups is 1. The van der Waals surface area contributed by atoms with Crippen molar-refractivity contribution in [2.45, 2.75) is 31.4 Å². The smallest absolute Gasteiger partial charge is 0.255 e. The molecule has 1 heterocycles. The molecule has 1 fully saturated rings. The van der Waals surface area contributed by atoms with Crippen LogP contribution >= 0.6 is 12.4 Å². The quantitative estimate of drug-likeness (QED) is 0.871. The zero-order valence-electron chi connectivity index (χ0n) is 10.3. The van der Waals surface area contributed by atoms with Gasteiger partial charge in [0.1, 0.15) is 0 Å². The molecule has 1 amide bonds. The monoisotopic (exact) mass is 271 g/mol. The van der Waals surface area contributed by atoms with E-state index in [0.29, 0.717) is 11.3 Å². The fourth-order valence-electron chi connectivity index (χ4n) is 2.14. The van der Waals surface area contributed by atoms with E-state index in [9.17, 15) is 4.79 Å². The first kappa shape index (κ1) is 14.7. The van der Waals surface area contributed by atoms with Gasteiger partial charge in [0, 0.05) is 31.2 Å². The summed E-state index contributed by atoms with van der Waals surface area (Å²) >= 11 is 0. The van der Waals surface area contributed by atoms with E-state index in [1.165, 1.54) is 6.20 Å². The van der Waals surface area contributed by atoms with Crippen LogP contribution in [-0.4, -0.2) is 30.1 Å². The van der Waals surface area contributed by atoms with E-state index in [2.05, 4.69) is 10.3 Å². The lowest BCUT2D eigenvalue weighted by Gasteiger charge is -2.13. The van der Waals surface area contributed by atoms with Crippen LogP contribution in [-0.2, 0) is 4.74 Å². The molecule has 0 bridgehead atoms. The topological polar surface area (TPSA) is 77.2 Å². The number of pyridine rings is 1. The number of carbonyl (C=O) groups excluding carboxylic acids is 1. The Morgan fingerprint density at radius 2 is 2.33 bits per heavy atom. The van der Waals surface area contributed by atoms with Gasteiger partial charge in [0.25, 0.3) is 5.91 Å². The molecular formula is C12H18ClN3O2. The van der Waals surface area contributed by atoms with Crippen LogP contribution in [0.1, 0.15) is 29.6 Å². The summed E-state index contributed by atoms with van der Waals surface area (Å²) in [7, 11) is 1.70. The molecule has 0 saturated heterocycles. The van der Waals surface area contributed by atoms with E-state index in [4.69, 9.17) is 10.5 Å². The normalized spacial score (nSPS) is 22.3. The summed E-state index contributed by atoms with van der Waals surface area (Å²) in [6.07, 6.45) is 6.12. The van der Waals surface area contributed by atoms with Crippen molar-refractivity contribution in [1.82, 2.24) is 10.3 Å². The van der Waals surface area contributed by atoms with Gasteiger partial charge in [0.15, 0.2) is 0 Å². The molecule has 2 unspecified atom stereocenters. The van der Waals surface area contributed by atoms with Gasteiger partial charge in [-0.25, -0.2) is 0 Å². The van der Waals surface area contributed by atoms with Crippen molar-refractivity contribution in [3.8, 4) is 0 Å². The number of amides is 1. The van der Waals surface area contributed by atoms with Gasteiger partial charge >= 0.3 is 0 Å². The summed E-state index contributed by atoms with van der Waals surface area (Å²) in [6.45, 7) is 0. The van der Waals surface area contributed by atoms with Crippen LogP contribution in [0.5, 0.6) is 0 Å². The number of nitrogens with two attached hydrogens (primary N) is 1. The number of hydrogen-bond acceptors (Lipinski definition) is 4. The summed E-state index contributed by atoms with van der Waals surface area (Å²) in [5.74, 6) is -0.155. The predicted molar refractivity (Wildman–Crippen MR) is 71.8 cm³/mol. The Morgan fingerprint density at radius 1 is 1.56 bits per heavy atom. The van der Waals surface area contributed by atoms with Gasteiger partial charge in [-0.1, -0.05) is 0 Å². The van der Waals surface area contributed by atoms with E-state index >= 15 is 0 Å². The third-order valence-electron chi connectivity index (χ3n) is 3.15. The number of rotatable bonds is 3. The molecule has 0 radical (unpaired) electrons. The number of nitrogens with zero attached hydrogens (tertiary/aromatic N) is 1. The summed E-state index contributed by atoms with van der Waals surface area (Å²) in [4.78, 5) is 15.9. The van der Waals surface area contributed by atoms with Crippen molar-refractivity contribution >= 4 is 24.0 Å². The largest absolute Gasteiger partial charge is 0.398 e. The van der Waals surface area contributed by atoms with Gasteiger partial charge in [-0.3, -0.25) is 9.78 Å². The number of ether oxygens (including phenoxy) is 1. The van der Waals surface area contributed by atoms with Crippen molar-refractivity contribution < 1.29 is 9.53 Å². The van der Waals surface area contributed by atoms with Crippen LogP contribution < -0.4 is 11.1 Å². The van der Waals surface area contributed by atoms with E-state index in [-0.39, 0.29) is 30.5 Å². The summed E-state index contributed by atoms with van der Waals surface area (Å²) in [6, 6.07) is 1.80. The highest BCUT2D eigenvalue weighted by atomic mass is 35.5. The van der Waals surface area contributed by atoms with Crippen LogP contribution in [0.3, 0.4) is 0 Å². The third-order valence-corrected chi connectivity index (χ3v) is 3.15. The number of methoxy groups -OCH3 is 1. The first-order chi connectivity index (χ1) is 8.20. The van der Waals surface area contributed by atoms with Crippen molar-refractivity contribution in [2.24, 2.45) is 0 Å². The van der Waals surface area contributed by atoms with Gasteiger partial charge in [-0.15, -0.1) is 12.4 Å². The minimum Gasteiger partial charge on any atom is -0.398 e. The maximum atomic E-state index is 11.9. The van der Waals surface area contributed by atoms with Crippen LogP contribution in [0.25, 0.3) is 0 Å². The second-order valence-corrected chi connectivity index (χ2v) is 4.30. The fraction of sp³-hybridized carbons (Fsp3) is 0.500. The van der Waals surface area contributed by atoms with E-state index in [1.54, 1.807) is 19.4 Å². The van der Waals surface area contributed by atoms with Crippen LogP contribution in [0.4, 0.5) is 5.69 Å². The molecule has 0 spiro atoms. The molecule has 0 aliphatic heterocycles.